The van der Waals surface area contributed by atoms with Gasteiger partial charge in [0.15, 0.2) is 0 Å². The molecule has 1 fully saturated rings. The summed E-state index contributed by atoms with van der Waals surface area (Å²) in [5, 5.41) is 3.90. The van der Waals surface area contributed by atoms with E-state index >= 15 is 0 Å². The van der Waals surface area contributed by atoms with E-state index in [-0.39, 0.29) is 0 Å². The third kappa shape index (κ3) is 4.35. The monoisotopic (exact) mass is 259 g/mol. The van der Waals surface area contributed by atoms with Gasteiger partial charge in [0, 0.05) is 12.1 Å². The van der Waals surface area contributed by atoms with Crippen LogP contribution in [0.4, 0.5) is 0 Å². The van der Waals surface area contributed by atoms with Crippen LogP contribution in [0.2, 0.25) is 0 Å². The number of rotatable bonds is 5. The van der Waals surface area contributed by atoms with Crippen LogP contribution in [0, 0.1) is 0 Å². The molecule has 1 atom stereocenters. The van der Waals surface area contributed by atoms with Crippen LogP contribution in [0.5, 0.6) is 0 Å². The second-order valence-corrected chi connectivity index (χ2v) is 5.91. The fourth-order valence-corrected chi connectivity index (χ4v) is 3.17. The summed E-state index contributed by atoms with van der Waals surface area (Å²) in [4.78, 5) is 0. The fraction of sp³-hybridized carbons (Fsp3) is 0.667. The normalized spacial score (nSPS) is 19.1. The van der Waals surface area contributed by atoms with Gasteiger partial charge < -0.3 is 5.32 Å². The lowest BCUT2D eigenvalue weighted by molar-refractivity contribution is 0.392. The lowest BCUT2D eigenvalue weighted by atomic mass is 9.99. The van der Waals surface area contributed by atoms with Gasteiger partial charge in [0.05, 0.1) is 0 Å². The molecule has 1 aliphatic rings. The summed E-state index contributed by atoms with van der Waals surface area (Å²) in [5.41, 5.74) is 2.90. The van der Waals surface area contributed by atoms with Crippen molar-refractivity contribution in [2.45, 2.75) is 77.3 Å². The molecule has 106 valence electrons. The van der Waals surface area contributed by atoms with Crippen molar-refractivity contribution in [1.29, 1.82) is 0 Å². The average molecular weight is 259 g/mol. The maximum Gasteiger partial charge on any atom is 0.0320 e. The summed E-state index contributed by atoms with van der Waals surface area (Å²) >= 11 is 0. The predicted molar refractivity (Wildman–Crippen MR) is 83.5 cm³/mol. The maximum absolute atomic E-state index is 3.90. The van der Waals surface area contributed by atoms with Gasteiger partial charge in [0.25, 0.3) is 0 Å². The summed E-state index contributed by atoms with van der Waals surface area (Å²) in [6.07, 6.45) is 10.7. The van der Waals surface area contributed by atoms with E-state index in [2.05, 4.69) is 43.4 Å². The molecule has 0 aromatic heterocycles. The first-order chi connectivity index (χ1) is 9.33. The van der Waals surface area contributed by atoms with Gasteiger partial charge in [-0.3, -0.25) is 0 Å². The minimum absolute atomic E-state index is 0.536. The first kappa shape index (κ1) is 14.6. The largest absolute Gasteiger partial charge is 0.307 e. The Hall–Kier alpha value is -0.820. The molecule has 0 saturated heterocycles. The quantitative estimate of drug-likeness (QED) is 0.733. The van der Waals surface area contributed by atoms with Crippen LogP contribution in [0.25, 0.3) is 0 Å². The number of benzene rings is 1. The third-order valence-corrected chi connectivity index (χ3v) is 4.49. The molecule has 1 saturated carbocycles. The van der Waals surface area contributed by atoms with E-state index in [0.717, 1.165) is 12.5 Å². The zero-order valence-electron chi connectivity index (χ0n) is 12.6. The third-order valence-electron chi connectivity index (χ3n) is 4.49. The molecule has 0 heterocycles. The van der Waals surface area contributed by atoms with Crippen LogP contribution in [-0.2, 0) is 6.42 Å². The predicted octanol–water partition coefficient (Wildman–Crippen LogP) is 5.01. The highest BCUT2D eigenvalue weighted by Crippen LogP contribution is 2.23. The van der Waals surface area contributed by atoms with Crippen LogP contribution in [0.1, 0.15) is 76.0 Å². The van der Waals surface area contributed by atoms with Crippen molar-refractivity contribution in [3.63, 3.8) is 0 Å². The van der Waals surface area contributed by atoms with Crippen LogP contribution >= 0.6 is 0 Å². The summed E-state index contributed by atoms with van der Waals surface area (Å²) in [6, 6.07) is 10.5. The van der Waals surface area contributed by atoms with Gasteiger partial charge in [0.1, 0.15) is 0 Å². The Balaban J connectivity index is 1.97. The SMILES string of the molecule is CCc1ccc(C(CC)NC2CCCCCC2)cc1. The smallest absolute Gasteiger partial charge is 0.0320 e. The molecule has 1 N–H and O–H groups in total. The van der Waals surface area contributed by atoms with Gasteiger partial charge in [0.2, 0.25) is 0 Å². The fourth-order valence-electron chi connectivity index (χ4n) is 3.17. The van der Waals surface area contributed by atoms with Crippen molar-refractivity contribution in [1.82, 2.24) is 5.32 Å². The highest BCUT2D eigenvalue weighted by Gasteiger charge is 2.17. The van der Waals surface area contributed by atoms with E-state index in [9.17, 15) is 0 Å². The molecule has 0 radical (unpaired) electrons. The molecule has 0 spiro atoms. The molecule has 1 aromatic rings. The molecule has 0 bridgehead atoms. The Labute approximate surface area is 118 Å². The van der Waals surface area contributed by atoms with Crippen molar-refractivity contribution in [2.24, 2.45) is 0 Å². The molecule has 0 aliphatic heterocycles. The summed E-state index contributed by atoms with van der Waals surface area (Å²) in [7, 11) is 0. The first-order valence-corrected chi connectivity index (χ1v) is 8.18. The lowest BCUT2D eigenvalue weighted by Gasteiger charge is -2.24. The van der Waals surface area contributed by atoms with E-state index in [1.165, 1.54) is 56.1 Å². The van der Waals surface area contributed by atoms with E-state index in [1.807, 2.05) is 0 Å². The number of hydrogen-bond acceptors (Lipinski definition) is 1. The van der Waals surface area contributed by atoms with Crippen molar-refractivity contribution in [3.05, 3.63) is 35.4 Å². The van der Waals surface area contributed by atoms with Crippen molar-refractivity contribution >= 4 is 0 Å². The standard InChI is InChI=1S/C18H29N/c1-3-15-11-13-16(14-12-15)18(4-2)19-17-9-7-5-6-8-10-17/h11-14,17-19H,3-10H2,1-2H3. The number of aryl methyl sites for hydroxylation is 1. The Kier molecular flexibility index (Phi) is 5.91. The zero-order valence-corrected chi connectivity index (χ0v) is 12.6. The molecule has 1 aliphatic carbocycles. The second-order valence-electron chi connectivity index (χ2n) is 5.91. The van der Waals surface area contributed by atoms with Crippen molar-refractivity contribution in [2.75, 3.05) is 0 Å². The molecule has 1 heteroatoms. The maximum atomic E-state index is 3.90. The Morgan fingerprint density at radius 2 is 1.63 bits per heavy atom. The van der Waals surface area contributed by atoms with Crippen molar-refractivity contribution in [3.8, 4) is 0 Å². The van der Waals surface area contributed by atoms with E-state index in [4.69, 9.17) is 0 Å². The Morgan fingerprint density at radius 3 is 2.16 bits per heavy atom. The molecule has 19 heavy (non-hydrogen) atoms. The van der Waals surface area contributed by atoms with Crippen LogP contribution < -0.4 is 5.32 Å². The zero-order chi connectivity index (χ0) is 13.5. The van der Waals surface area contributed by atoms with Gasteiger partial charge in [-0.05, 0) is 36.8 Å². The Bertz CT molecular complexity index is 346. The van der Waals surface area contributed by atoms with E-state index in [0.29, 0.717) is 6.04 Å². The molecule has 0 amide bonds. The van der Waals surface area contributed by atoms with Crippen LogP contribution in [-0.4, -0.2) is 6.04 Å². The molecule has 1 aromatic carbocycles. The molecule has 2 rings (SSSR count). The highest BCUT2D eigenvalue weighted by atomic mass is 14.9. The van der Waals surface area contributed by atoms with Gasteiger partial charge in [-0.1, -0.05) is 63.8 Å². The Morgan fingerprint density at radius 1 is 1.00 bits per heavy atom. The highest BCUT2D eigenvalue weighted by molar-refractivity contribution is 5.25. The molecule has 1 unspecified atom stereocenters. The summed E-state index contributed by atoms with van der Waals surface area (Å²) < 4.78 is 0. The minimum Gasteiger partial charge on any atom is -0.307 e. The van der Waals surface area contributed by atoms with E-state index < -0.39 is 0 Å². The first-order valence-electron chi connectivity index (χ1n) is 8.18. The topological polar surface area (TPSA) is 12.0 Å². The van der Waals surface area contributed by atoms with Gasteiger partial charge in [-0.25, -0.2) is 0 Å². The summed E-state index contributed by atoms with van der Waals surface area (Å²) in [5.74, 6) is 0. The number of nitrogens with one attached hydrogen (secondary N) is 1. The minimum atomic E-state index is 0.536. The summed E-state index contributed by atoms with van der Waals surface area (Å²) in [6.45, 7) is 4.51. The van der Waals surface area contributed by atoms with Gasteiger partial charge >= 0.3 is 0 Å². The molecular formula is C18H29N. The molecular weight excluding hydrogens is 230 g/mol. The van der Waals surface area contributed by atoms with E-state index in [1.54, 1.807) is 0 Å². The average Bonchev–Trinajstić information content (AvgIpc) is 2.73. The van der Waals surface area contributed by atoms with Gasteiger partial charge in [-0.15, -0.1) is 0 Å². The van der Waals surface area contributed by atoms with Crippen molar-refractivity contribution < 1.29 is 0 Å². The van der Waals surface area contributed by atoms with Gasteiger partial charge in [-0.2, -0.15) is 0 Å². The molecule has 1 nitrogen and oxygen atoms in total. The van der Waals surface area contributed by atoms with Crippen LogP contribution in [0.3, 0.4) is 0 Å². The second kappa shape index (κ2) is 7.69. The van der Waals surface area contributed by atoms with Crippen LogP contribution in [0.15, 0.2) is 24.3 Å². The number of hydrogen-bond donors (Lipinski definition) is 1. The lowest BCUT2D eigenvalue weighted by Crippen LogP contribution is -2.32.